The number of nitrogens with zero attached hydrogens (tertiary/aromatic N) is 1. The molecule has 0 atom stereocenters. The van der Waals surface area contributed by atoms with Gasteiger partial charge in [0.25, 0.3) is 5.91 Å². The van der Waals surface area contributed by atoms with E-state index >= 15 is 0 Å². The van der Waals surface area contributed by atoms with Gasteiger partial charge in [0.05, 0.1) is 11.9 Å². The van der Waals surface area contributed by atoms with Crippen LogP contribution >= 0.6 is 0 Å². The van der Waals surface area contributed by atoms with Crippen molar-refractivity contribution in [1.29, 1.82) is 0 Å². The lowest BCUT2D eigenvalue weighted by Gasteiger charge is -2.06. The summed E-state index contributed by atoms with van der Waals surface area (Å²) in [5.74, 6) is -2.47. The highest BCUT2D eigenvalue weighted by Crippen LogP contribution is 2.14. The second-order valence-corrected chi connectivity index (χ2v) is 3.77. The topological polar surface area (TPSA) is 54.0 Å². The lowest BCUT2D eigenvalue weighted by Crippen LogP contribution is -2.13. The minimum absolute atomic E-state index is 0.170. The number of amides is 1. The van der Waals surface area contributed by atoms with Crippen LogP contribution in [0, 0.1) is 11.6 Å². The lowest BCUT2D eigenvalue weighted by molar-refractivity contribution is 0.102. The van der Waals surface area contributed by atoms with Gasteiger partial charge in [0.15, 0.2) is 11.6 Å². The van der Waals surface area contributed by atoms with Crippen LogP contribution in [0.5, 0.6) is 0 Å². The summed E-state index contributed by atoms with van der Waals surface area (Å²) in [4.78, 5) is 15.7. The fraction of sp³-hybridized carbons (Fsp3) is 0.0769. The molecular weight excluding hydrogens is 252 g/mol. The molecule has 98 valence electrons. The fourth-order valence-corrected chi connectivity index (χ4v) is 1.45. The molecule has 0 saturated heterocycles. The molecule has 1 heterocycles. The van der Waals surface area contributed by atoms with Crippen molar-refractivity contribution >= 4 is 17.3 Å². The molecule has 2 rings (SSSR count). The Hall–Kier alpha value is -2.50. The van der Waals surface area contributed by atoms with E-state index < -0.39 is 17.5 Å². The number of pyridine rings is 1. The zero-order valence-corrected chi connectivity index (χ0v) is 10.1. The van der Waals surface area contributed by atoms with Crippen molar-refractivity contribution in [3.8, 4) is 0 Å². The van der Waals surface area contributed by atoms with Crippen molar-refractivity contribution in [2.24, 2.45) is 0 Å². The Kier molecular flexibility index (Phi) is 3.70. The van der Waals surface area contributed by atoms with Crippen LogP contribution in [0.3, 0.4) is 0 Å². The van der Waals surface area contributed by atoms with E-state index in [0.29, 0.717) is 0 Å². The van der Waals surface area contributed by atoms with Crippen LogP contribution < -0.4 is 10.6 Å². The molecule has 0 aliphatic rings. The monoisotopic (exact) mass is 263 g/mol. The molecule has 0 saturated carbocycles. The van der Waals surface area contributed by atoms with Gasteiger partial charge >= 0.3 is 0 Å². The largest absolute Gasteiger partial charge is 0.387 e. The van der Waals surface area contributed by atoms with Crippen molar-refractivity contribution < 1.29 is 13.6 Å². The van der Waals surface area contributed by atoms with E-state index in [1.165, 1.54) is 18.3 Å². The number of aromatic nitrogens is 1. The molecule has 0 aliphatic carbocycles. The molecular formula is C13H11F2N3O. The number of halogens is 2. The third-order valence-corrected chi connectivity index (χ3v) is 2.46. The Balaban J connectivity index is 2.13. The van der Waals surface area contributed by atoms with Crippen molar-refractivity contribution in [1.82, 2.24) is 4.98 Å². The van der Waals surface area contributed by atoms with Crippen LogP contribution in [0.1, 0.15) is 10.5 Å². The van der Waals surface area contributed by atoms with Crippen LogP contribution in [0.2, 0.25) is 0 Å². The van der Waals surface area contributed by atoms with Crippen LogP contribution in [0.15, 0.2) is 36.5 Å². The number of hydrogen-bond acceptors (Lipinski definition) is 3. The third kappa shape index (κ3) is 3.04. The molecule has 1 aromatic heterocycles. The van der Waals surface area contributed by atoms with Gasteiger partial charge in [0.2, 0.25) is 0 Å². The van der Waals surface area contributed by atoms with Gasteiger partial charge in [-0.15, -0.1) is 0 Å². The number of anilines is 2. The molecule has 0 aliphatic heterocycles. The molecule has 0 bridgehead atoms. The number of hydrogen-bond donors (Lipinski definition) is 2. The quantitative estimate of drug-likeness (QED) is 0.895. The summed E-state index contributed by atoms with van der Waals surface area (Å²) >= 11 is 0. The first-order valence-electron chi connectivity index (χ1n) is 5.50. The van der Waals surface area contributed by atoms with Gasteiger partial charge in [-0.2, -0.15) is 0 Å². The molecule has 19 heavy (non-hydrogen) atoms. The van der Waals surface area contributed by atoms with E-state index in [0.717, 1.165) is 17.8 Å². The summed E-state index contributed by atoms with van der Waals surface area (Å²) < 4.78 is 25.7. The highest BCUT2D eigenvalue weighted by Gasteiger charge is 2.09. The number of carbonyl (C=O) groups is 1. The first kappa shape index (κ1) is 12.9. The molecule has 0 unspecified atom stereocenters. The van der Waals surface area contributed by atoms with Crippen molar-refractivity contribution in [2.75, 3.05) is 17.7 Å². The maximum atomic E-state index is 13.0. The minimum Gasteiger partial charge on any atom is -0.387 e. The normalized spacial score (nSPS) is 10.1. The minimum atomic E-state index is -1.02. The van der Waals surface area contributed by atoms with Crippen LogP contribution in [0.4, 0.5) is 20.2 Å². The summed E-state index contributed by atoms with van der Waals surface area (Å²) in [6.45, 7) is 0. The predicted molar refractivity (Wildman–Crippen MR) is 68.1 cm³/mol. The number of nitrogens with one attached hydrogen (secondary N) is 2. The molecule has 2 aromatic rings. The molecule has 6 heteroatoms. The first-order chi connectivity index (χ1) is 9.10. The first-order valence-corrected chi connectivity index (χ1v) is 5.50. The Morgan fingerprint density at radius 2 is 1.84 bits per heavy atom. The summed E-state index contributed by atoms with van der Waals surface area (Å²) in [5.41, 5.74) is 1.12. The molecule has 4 nitrogen and oxygen atoms in total. The second-order valence-electron chi connectivity index (χ2n) is 3.77. The average molecular weight is 263 g/mol. The zero-order chi connectivity index (χ0) is 13.8. The van der Waals surface area contributed by atoms with Gasteiger partial charge in [0, 0.05) is 18.8 Å². The van der Waals surface area contributed by atoms with E-state index in [4.69, 9.17) is 0 Å². The number of rotatable bonds is 3. The summed E-state index contributed by atoms with van der Waals surface area (Å²) in [6.07, 6.45) is 1.50. The molecule has 0 fully saturated rings. The smallest absolute Gasteiger partial charge is 0.274 e. The Morgan fingerprint density at radius 1 is 1.11 bits per heavy atom. The number of benzene rings is 1. The van der Waals surface area contributed by atoms with Gasteiger partial charge in [-0.05, 0) is 24.3 Å². The van der Waals surface area contributed by atoms with Crippen molar-refractivity contribution in [3.05, 3.63) is 53.9 Å². The lowest BCUT2D eigenvalue weighted by atomic mass is 10.2. The predicted octanol–water partition coefficient (Wildman–Crippen LogP) is 2.65. The second kappa shape index (κ2) is 5.43. The third-order valence-electron chi connectivity index (χ3n) is 2.46. The van der Waals surface area contributed by atoms with Gasteiger partial charge in [-0.1, -0.05) is 0 Å². The average Bonchev–Trinajstić information content (AvgIpc) is 2.43. The highest BCUT2D eigenvalue weighted by atomic mass is 19.2. The fourth-order valence-electron chi connectivity index (χ4n) is 1.45. The van der Waals surface area contributed by atoms with E-state index in [1.807, 2.05) is 0 Å². The zero-order valence-electron chi connectivity index (χ0n) is 10.1. The Morgan fingerprint density at radius 3 is 2.42 bits per heavy atom. The standard InChI is InChI=1S/C13H11F2N3O/c1-16-9-3-5-12(17-7-9)13(19)18-8-2-4-10(14)11(15)6-8/h2-7,16H,1H3,(H,18,19). The van der Waals surface area contributed by atoms with Crippen LogP contribution in [-0.4, -0.2) is 17.9 Å². The molecule has 1 aromatic carbocycles. The van der Waals surface area contributed by atoms with Crippen molar-refractivity contribution in [2.45, 2.75) is 0 Å². The van der Waals surface area contributed by atoms with E-state index in [-0.39, 0.29) is 11.4 Å². The van der Waals surface area contributed by atoms with E-state index in [9.17, 15) is 13.6 Å². The Bertz CT molecular complexity index is 599. The summed E-state index contributed by atoms with van der Waals surface area (Å²) in [7, 11) is 1.73. The maximum absolute atomic E-state index is 13.0. The van der Waals surface area contributed by atoms with Gasteiger partial charge in [-0.25, -0.2) is 13.8 Å². The molecule has 0 spiro atoms. The van der Waals surface area contributed by atoms with Gasteiger partial charge in [0.1, 0.15) is 5.69 Å². The highest BCUT2D eigenvalue weighted by molar-refractivity contribution is 6.02. The van der Waals surface area contributed by atoms with Crippen LogP contribution in [0.25, 0.3) is 0 Å². The van der Waals surface area contributed by atoms with Gasteiger partial charge in [-0.3, -0.25) is 4.79 Å². The molecule has 1 amide bonds. The molecule has 2 N–H and O–H groups in total. The SMILES string of the molecule is CNc1ccc(C(=O)Nc2ccc(F)c(F)c2)nc1. The Labute approximate surface area is 108 Å². The van der Waals surface area contributed by atoms with Gasteiger partial charge < -0.3 is 10.6 Å². The number of carbonyl (C=O) groups excluding carboxylic acids is 1. The van der Waals surface area contributed by atoms with Crippen LogP contribution in [-0.2, 0) is 0 Å². The van der Waals surface area contributed by atoms with Crippen molar-refractivity contribution in [3.63, 3.8) is 0 Å². The maximum Gasteiger partial charge on any atom is 0.274 e. The molecule has 0 radical (unpaired) electrons. The van der Waals surface area contributed by atoms with E-state index in [1.54, 1.807) is 13.1 Å². The summed E-state index contributed by atoms with van der Waals surface area (Å²) in [6, 6.07) is 6.35. The summed E-state index contributed by atoms with van der Waals surface area (Å²) in [5, 5.41) is 5.31. The van der Waals surface area contributed by atoms with E-state index in [2.05, 4.69) is 15.6 Å².